The summed E-state index contributed by atoms with van der Waals surface area (Å²) in [6, 6.07) is 4.36. The Labute approximate surface area is 192 Å². The average Bonchev–Trinajstić information content (AvgIpc) is 3.23. The van der Waals surface area contributed by atoms with E-state index in [2.05, 4.69) is 4.98 Å². The normalized spacial score (nSPS) is 16.1. The number of aromatic nitrogens is 1. The van der Waals surface area contributed by atoms with Crippen molar-refractivity contribution < 1.29 is 26.4 Å². The number of piperazine rings is 1. The SMILES string of the molecule is CCC(C)Oc1ccc(S(C)(=O)=O)cc1C(=O)N1CCN(c2ncc(S(C)(=O)=O)s2)CC1. The summed E-state index contributed by atoms with van der Waals surface area (Å²) in [7, 11) is -6.80. The molecule has 3 rings (SSSR count). The topological polar surface area (TPSA) is 114 Å². The summed E-state index contributed by atoms with van der Waals surface area (Å²) in [6.45, 7) is 5.59. The van der Waals surface area contributed by atoms with E-state index in [1.165, 1.54) is 24.4 Å². The summed E-state index contributed by atoms with van der Waals surface area (Å²) in [5, 5.41) is 0.595. The molecule has 0 N–H and O–H groups in total. The Morgan fingerprint density at radius 2 is 1.78 bits per heavy atom. The van der Waals surface area contributed by atoms with Gasteiger partial charge < -0.3 is 14.5 Å². The first-order chi connectivity index (χ1) is 14.9. The first kappa shape index (κ1) is 24.5. The number of ether oxygens (including phenoxy) is 1. The van der Waals surface area contributed by atoms with Gasteiger partial charge in [0.15, 0.2) is 24.8 Å². The fourth-order valence-corrected chi connectivity index (χ4v) is 5.57. The molecular weight excluding hydrogens is 474 g/mol. The lowest BCUT2D eigenvalue weighted by Gasteiger charge is -2.35. The van der Waals surface area contributed by atoms with Crippen molar-refractivity contribution in [3.63, 3.8) is 0 Å². The van der Waals surface area contributed by atoms with E-state index in [4.69, 9.17) is 4.74 Å². The summed E-state index contributed by atoms with van der Waals surface area (Å²) >= 11 is 1.11. The lowest BCUT2D eigenvalue weighted by atomic mass is 10.1. The predicted octanol–water partition coefficient (Wildman–Crippen LogP) is 2.09. The monoisotopic (exact) mass is 501 g/mol. The van der Waals surface area contributed by atoms with Crippen LogP contribution >= 0.6 is 11.3 Å². The highest BCUT2D eigenvalue weighted by atomic mass is 32.2. The van der Waals surface area contributed by atoms with Crippen LogP contribution in [0.15, 0.2) is 33.5 Å². The smallest absolute Gasteiger partial charge is 0.257 e. The van der Waals surface area contributed by atoms with Crippen molar-refractivity contribution in [3.05, 3.63) is 30.0 Å². The number of nitrogens with zero attached hydrogens (tertiary/aromatic N) is 3. The maximum Gasteiger partial charge on any atom is 0.257 e. The molecule has 0 radical (unpaired) electrons. The van der Waals surface area contributed by atoms with Crippen LogP contribution in [0.3, 0.4) is 0 Å². The summed E-state index contributed by atoms with van der Waals surface area (Å²) in [6.07, 6.45) is 4.20. The minimum atomic E-state index is -3.49. The van der Waals surface area contributed by atoms with Gasteiger partial charge in [-0.25, -0.2) is 21.8 Å². The lowest BCUT2D eigenvalue weighted by Crippen LogP contribution is -2.48. The molecule has 0 spiro atoms. The van der Waals surface area contributed by atoms with Gasteiger partial charge >= 0.3 is 0 Å². The van der Waals surface area contributed by atoms with Gasteiger partial charge in [-0.1, -0.05) is 18.3 Å². The van der Waals surface area contributed by atoms with E-state index in [0.717, 1.165) is 30.3 Å². The Hall–Kier alpha value is -2.18. The number of amides is 1. The maximum atomic E-state index is 13.3. The Morgan fingerprint density at radius 3 is 2.31 bits per heavy atom. The zero-order chi connectivity index (χ0) is 23.7. The second-order valence-electron chi connectivity index (χ2n) is 7.78. The second-order valence-corrected chi connectivity index (χ2v) is 13.0. The van der Waals surface area contributed by atoms with Crippen LogP contribution in [0.4, 0.5) is 5.13 Å². The van der Waals surface area contributed by atoms with Crippen LogP contribution in [0, 0.1) is 0 Å². The van der Waals surface area contributed by atoms with E-state index in [-0.39, 0.29) is 26.7 Å². The van der Waals surface area contributed by atoms with Crippen molar-refractivity contribution in [2.75, 3.05) is 43.6 Å². The number of carbonyl (C=O) groups is 1. The molecule has 32 heavy (non-hydrogen) atoms. The standard InChI is InChI=1S/C20H27N3O6S3/c1-5-14(2)29-17-7-6-15(31(3,25)26)12-16(17)19(24)22-8-10-23(11-9-22)20-21-13-18(30-20)32(4,27)28/h6-7,12-14H,5,8-11H2,1-4H3. The third-order valence-corrected chi connectivity index (χ3v) is 9.15. The molecule has 12 heteroatoms. The van der Waals surface area contributed by atoms with Crippen LogP contribution < -0.4 is 9.64 Å². The van der Waals surface area contributed by atoms with E-state index < -0.39 is 19.7 Å². The van der Waals surface area contributed by atoms with Gasteiger partial charge in [-0.15, -0.1) is 0 Å². The highest BCUT2D eigenvalue weighted by Gasteiger charge is 2.27. The second kappa shape index (κ2) is 9.36. The predicted molar refractivity (Wildman–Crippen MR) is 123 cm³/mol. The van der Waals surface area contributed by atoms with Gasteiger partial charge in [0.2, 0.25) is 0 Å². The molecule has 0 saturated carbocycles. The highest BCUT2D eigenvalue weighted by molar-refractivity contribution is 7.92. The molecule has 1 aliphatic rings. The Kier molecular flexibility index (Phi) is 7.15. The van der Waals surface area contributed by atoms with E-state index in [1.54, 1.807) is 4.90 Å². The molecule has 1 aliphatic heterocycles. The van der Waals surface area contributed by atoms with Gasteiger partial charge in [0.05, 0.1) is 22.8 Å². The minimum absolute atomic E-state index is 0.0621. The molecule has 1 saturated heterocycles. The van der Waals surface area contributed by atoms with Crippen molar-refractivity contribution in [2.24, 2.45) is 0 Å². The van der Waals surface area contributed by atoms with Crippen LogP contribution in [0.25, 0.3) is 0 Å². The van der Waals surface area contributed by atoms with Gasteiger partial charge in [0, 0.05) is 38.7 Å². The van der Waals surface area contributed by atoms with Crippen LogP contribution in [0.2, 0.25) is 0 Å². The maximum absolute atomic E-state index is 13.3. The number of carbonyl (C=O) groups excluding carboxylic acids is 1. The van der Waals surface area contributed by atoms with Crippen LogP contribution in [-0.2, 0) is 19.7 Å². The number of rotatable bonds is 7. The Morgan fingerprint density at radius 1 is 1.12 bits per heavy atom. The number of anilines is 1. The third-order valence-electron chi connectivity index (χ3n) is 5.19. The van der Waals surface area contributed by atoms with Crippen molar-refractivity contribution in [1.29, 1.82) is 0 Å². The lowest BCUT2D eigenvalue weighted by molar-refractivity contribution is 0.0739. The summed E-state index contributed by atoms with van der Waals surface area (Å²) in [4.78, 5) is 21.1. The average molecular weight is 502 g/mol. The van der Waals surface area contributed by atoms with Gasteiger partial charge in [-0.3, -0.25) is 4.79 Å². The molecule has 1 aromatic carbocycles. The summed E-state index contributed by atoms with van der Waals surface area (Å²) < 4.78 is 53.5. The zero-order valence-electron chi connectivity index (χ0n) is 18.4. The van der Waals surface area contributed by atoms with Gasteiger partial charge in [-0.2, -0.15) is 0 Å². The van der Waals surface area contributed by atoms with Crippen molar-refractivity contribution in [3.8, 4) is 5.75 Å². The van der Waals surface area contributed by atoms with Crippen LogP contribution in [0.1, 0.15) is 30.6 Å². The molecule has 1 amide bonds. The summed E-state index contributed by atoms with van der Waals surface area (Å²) in [5.74, 6) is 0.0568. The van der Waals surface area contributed by atoms with E-state index in [1.807, 2.05) is 18.7 Å². The Bertz CT molecular complexity index is 1200. The molecular formula is C20H27N3O6S3. The zero-order valence-corrected chi connectivity index (χ0v) is 20.9. The summed E-state index contributed by atoms with van der Waals surface area (Å²) in [5.41, 5.74) is 0.218. The van der Waals surface area contributed by atoms with Crippen molar-refractivity contribution in [2.45, 2.75) is 35.5 Å². The minimum Gasteiger partial charge on any atom is -0.490 e. The number of thiazole rings is 1. The Balaban J connectivity index is 1.79. The van der Waals surface area contributed by atoms with Crippen molar-refractivity contribution >= 4 is 42.1 Å². The quantitative estimate of drug-likeness (QED) is 0.567. The fraction of sp³-hybridized carbons (Fsp3) is 0.500. The fourth-order valence-electron chi connectivity index (χ4n) is 3.15. The molecule has 1 aromatic heterocycles. The van der Waals surface area contributed by atoms with Crippen LogP contribution in [0.5, 0.6) is 5.75 Å². The molecule has 1 unspecified atom stereocenters. The van der Waals surface area contributed by atoms with Gasteiger partial charge in [0.25, 0.3) is 5.91 Å². The number of hydrogen-bond donors (Lipinski definition) is 0. The number of sulfone groups is 2. The van der Waals surface area contributed by atoms with E-state index in [9.17, 15) is 21.6 Å². The number of benzene rings is 1. The molecule has 9 nitrogen and oxygen atoms in total. The first-order valence-electron chi connectivity index (χ1n) is 10.1. The number of hydrogen-bond acceptors (Lipinski definition) is 9. The van der Waals surface area contributed by atoms with Crippen LogP contribution in [-0.4, -0.2) is 77.4 Å². The molecule has 176 valence electrons. The van der Waals surface area contributed by atoms with Gasteiger partial charge in [0.1, 0.15) is 9.96 Å². The molecule has 0 bridgehead atoms. The van der Waals surface area contributed by atoms with E-state index >= 15 is 0 Å². The largest absolute Gasteiger partial charge is 0.490 e. The van der Waals surface area contributed by atoms with Gasteiger partial charge in [-0.05, 0) is 31.5 Å². The first-order valence-corrected chi connectivity index (χ1v) is 14.7. The molecule has 0 aliphatic carbocycles. The van der Waals surface area contributed by atoms with E-state index in [0.29, 0.717) is 37.1 Å². The van der Waals surface area contributed by atoms with Crippen molar-refractivity contribution in [1.82, 2.24) is 9.88 Å². The third kappa shape index (κ3) is 5.59. The molecule has 1 fully saturated rings. The highest BCUT2D eigenvalue weighted by Crippen LogP contribution is 2.29. The molecule has 2 heterocycles. The molecule has 1 atom stereocenters. The molecule has 2 aromatic rings.